The largest absolute Gasteiger partial charge is 0.379 e. The summed E-state index contributed by atoms with van der Waals surface area (Å²) in [5, 5.41) is 12.9. The maximum Gasteiger partial charge on any atom is 0.102 e. The third-order valence-electron chi connectivity index (χ3n) is 4.55. The van der Waals surface area contributed by atoms with Gasteiger partial charge >= 0.3 is 0 Å². The predicted molar refractivity (Wildman–Crippen MR) is 55.7 cm³/mol. The second kappa shape index (κ2) is 2.96. The third kappa shape index (κ3) is 1.40. The fourth-order valence-corrected chi connectivity index (χ4v) is 4.73. The second-order valence-electron chi connectivity index (χ2n) is 6.02. The first-order chi connectivity index (χ1) is 6.65. The summed E-state index contributed by atoms with van der Waals surface area (Å²) in [6.07, 6.45) is 8.06. The Hall–Kier alpha value is -0.0800. The summed E-state index contributed by atoms with van der Waals surface area (Å²) in [5.41, 5.74) is 0.322. The fourth-order valence-electron chi connectivity index (χ4n) is 4.73. The van der Waals surface area contributed by atoms with Gasteiger partial charge in [-0.25, -0.2) is 0 Å². The minimum atomic E-state index is -0.328. The third-order valence-corrected chi connectivity index (χ3v) is 4.55. The average Bonchev–Trinajstić information content (AvgIpc) is 1.96. The zero-order valence-corrected chi connectivity index (χ0v) is 9.00. The van der Waals surface area contributed by atoms with Crippen LogP contribution < -0.4 is 5.32 Å². The summed E-state index contributed by atoms with van der Waals surface area (Å²) in [6.45, 7) is 1.86. The SMILES string of the molecule is CC(O)NC12CC3CC(CC(C3)C1)C2. The van der Waals surface area contributed by atoms with Gasteiger partial charge in [0.05, 0.1) is 0 Å². The molecule has 0 aromatic rings. The highest BCUT2D eigenvalue weighted by Gasteiger charge is 2.50. The van der Waals surface area contributed by atoms with E-state index in [0.29, 0.717) is 5.54 Å². The summed E-state index contributed by atoms with van der Waals surface area (Å²) in [5.74, 6) is 2.90. The molecule has 1 unspecified atom stereocenters. The van der Waals surface area contributed by atoms with Gasteiger partial charge in [-0.05, 0) is 63.2 Å². The molecule has 2 N–H and O–H groups in total. The number of aliphatic hydroxyl groups excluding tert-OH is 1. The van der Waals surface area contributed by atoms with Crippen LogP contribution in [0.15, 0.2) is 0 Å². The van der Waals surface area contributed by atoms with Gasteiger partial charge in [-0.15, -0.1) is 0 Å². The lowest BCUT2D eigenvalue weighted by molar-refractivity contribution is -0.0444. The molecule has 4 saturated carbocycles. The highest BCUT2D eigenvalue weighted by Crippen LogP contribution is 2.55. The molecule has 2 nitrogen and oxygen atoms in total. The predicted octanol–water partition coefficient (Wildman–Crippen LogP) is 1.88. The lowest BCUT2D eigenvalue weighted by atomic mass is 9.53. The zero-order valence-electron chi connectivity index (χ0n) is 9.00. The van der Waals surface area contributed by atoms with Gasteiger partial charge < -0.3 is 5.11 Å². The van der Waals surface area contributed by atoms with Gasteiger partial charge in [0, 0.05) is 5.54 Å². The number of hydrogen-bond donors (Lipinski definition) is 2. The highest BCUT2D eigenvalue weighted by molar-refractivity contribution is 5.06. The molecule has 4 aliphatic carbocycles. The van der Waals surface area contributed by atoms with E-state index < -0.39 is 0 Å². The second-order valence-corrected chi connectivity index (χ2v) is 6.02. The Morgan fingerprint density at radius 2 is 1.50 bits per heavy atom. The Balaban J connectivity index is 1.80. The Morgan fingerprint density at radius 1 is 1.07 bits per heavy atom. The van der Waals surface area contributed by atoms with Crippen molar-refractivity contribution in [2.45, 2.75) is 57.2 Å². The maximum atomic E-state index is 9.50. The number of hydrogen-bond acceptors (Lipinski definition) is 2. The zero-order chi connectivity index (χ0) is 9.76. The summed E-state index contributed by atoms with van der Waals surface area (Å²) in [7, 11) is 0. The quantitative estimate of drug-likeness (QED) is 0.659. The van der Waals surface area contributed by atoms with E-state index in [1.54, 1.807) is 0 Å². The van der Waals surface area contributed by atoms with Crippen LogP contribution in [0.4, 0.5) is 0 Å². The van der Waals surface area contributed by atoms with Gasteiger partial charge in [0.25, 0.3) is 0 Å². The Kier molecular flexibility index (Phi) is 1.94. The molecule has 2 heteroatoms. The lowest BCUT2D eigenvalue weighted by Crippen LogP contribution is -2.60. The molecule has 0 amide bonds. The van der Waals surface area contributed by atoms with Crippen molar-refractivity contribution in [3.8, 4) is 0 Å². The van der Waals surface area contributed by atoms with Gasteiger partial charge in [0.15, 0.2) is 0 Å². The topological polar surface area (TPSA) is 32.3 Å². The number of nitrogens with one attached hydrogen (secondary N) is 1. The Morgan fingerprint density at radius 3 is 1.86 bits per heavy atom. The van der Waals surface area contributed by atoms with Crippen molar-refractivity contribution in [2.75, 3.05) is 0 Å². The molecule has 0 aromatic carbocycles. The molecule has 0 spiro atoms. The van der Waals surface area contributed by atoms with Gasteiger partial charge in [-0.1, -0.05) is 0 Å². The van der Waals surface area contributed by atoms with Crippen LogP contribution in [0, 0.1) is 17.8 Å². The van der Waals surface area contributed by atoms with Crippen molar-refractivity contribution in [1.29, 1.82) is 0 Å². The standard InChI is InChI=1S/C12H21NO/c1-8(14)13-12-5-9-2-10(6-12)4-11(3-9)7-12/h8-11,13-14H,2-7H2,1H3. The van der Waals surface area contributed by atoms with Crippen molar-refractivity contribution < 1.29 is 5.11 Å². The lowest BCUT2D eigenvalue weighted by Gasteiger charge is -2.57. The molecule has 80 valence electrons. The van der Waals surface area contributed by atoms with Crippen LogP contribution in [-0.2, 0) is 0 Å². The molecule has 0 aliphatic heterocycles. The van der Waals surface area contributed by atoms with Gasteiger partial charge in [0.2, 0.25) is 0 Å². The van der Waals surface area contributed by atoms with Crippen LogP contribution >= 0.6 is 0 Å². The molecule has 1 atom stereocenters. The van der Waals surface area contributed by atoms with E-state index in [4.69, 9.17) is 0 Å². The van der Waals surface area contributed by atoms with Crippen LogP contribution in [0.2, 0.25) is 0 Å². The molecule has 0 saturated heterocycles. The van der Waals surface area contributed by atoms with E-state index in [0.717, 1.165) is 17.8 Å². The number of aliphatic hydroxyl groups is 1. The van der Waals surface area contributed by atoms with Crippen molar-refractivity contribution in [3.05, 3.63) is 0 Å². The summed E-state index contributed by atoms with van der Waals surface area (Å²) in [6, 6.07) is 0. The van der Waals surface area contributed by atoms with Crippen molar-refractivity contribution in [1.82, 2.24) is 5.32 Å². The van der Waals surface area contributed by atoms with Gasteiger partial charge in [0.1, 0.15) is 6.23 Å². The molecule has 4 rings (SSSR count). The molecular weight excluding hydrogens is 174 g/mol. The molecule has 14 heavy (non-hydrogen) atoms. The van der Waals surface area contributed by atoms with E-state index in [9.17, 15) is 5.11 Å². The number of rotatable bonds is 2. The van der Waals surface area contributed by atoms with Gasteiger partial charge in [-0.2, -0.15) is 0 Å². The summed E-state index contributed by atoms with van der Waals surface area (Å²) in [4.78, 5) is 0. The van der Waals surface area contributed by atoms with E-state index in [-0.39, 0.29) is 6.23 Å². The van der Waals surface area contributed by atoms with Crippen molar-refractivity contribution in [2.24, 2.45) is 17.8 Å². The van der Waals surface area contributed by atoms with Crippen LogP contribution in [-0.4, -0.2) is 16.9 Å². The smallest absolute Gasteiger partial charge is 0.102 e. The maximum absolute atomic E-state index is 9.50. The van der Waals surface area contributed by atoms with E-state index in [1.807, 2.05) is 6.92 Å². The van der Waals surface area contributed by atoms with E-state index in [2.05, 4.69) is 5.32 Å². The average molecular weight is 195 g/mol. The minimum absolute atomic E-state index is 0.322. The fraction of sp³-hybridized carbons (Fsp3) is 1.00. The molecule has 4 fully saturated rings. The van der Waals surface area contributed by atoms with Gasteiger partial charge in [-0.3, -0.25) is 5.32 Å². The van der Waals surface area contributed by atoms with Crippen LogP contribution in [0.1, 0.15) is 45.4 Å². The van der Waals surface area contributed by atoms with E-state index >= 15 is 0 Å². The van der Waals surface area contributed by atoms with Crippen LogP contribution in [0.3, 0.4) is 0 Å². The van der Waals surface area contributed by atoms with E-state index in [1.165, 1.54) is 38.5 Å². The molecule has 4 bridgehead atoms. The summed E-state index contributed by atoms with van der Waals surface area (Å²) < 4.78 is 0. The normalized spacial score (nSPS) is 52.3. The molecule has 0 aromatic heterocycles. The minimum Gasteiger partial charge on any atom is -0.379 e. The highest BCUT2D eigenvalue weighted by atomic mass is 16.3. The monoisotopic (exact) mass is 195 g/mol. The Bertz CT molecular complexity index is 195. The Labute approximate surface area is 86.1 Å². The molecule has 4 aliphatic rings. The molecular formula is C12H21NO. The molecule has 0 radical (unpaired) electrons. The van der Waals surface area contributed by atoms with Crippen molar-refractivity contribution in [3.63, 3.8) is 0 Å². The first-order valence-electron chi connectivity index (χ1n) is 6.11. The van der Waals surface area contributed by atoms with Crippen LogP contribution in [0.25, 0.3) is 0 Å². The first-order valence-corrected chi connectivity index (χ1v) is 6.11. The first kappa shape index (κ1) is 9.17. The molecule has 0 heterocycles. The summed E-state index contributed by atoms with van der Waals surface area (Å²) >= 11 is 0. The van der Waals surface area contributed by atoms with Crippen LogP contribution in [0.5, 0.6) is 0 Å². The van der Waals surface area contributed by atoms with Crippen molar-refractivity contribution >= 4 is 0 Å².